The Morgan fingerprint density at radius 2 is 2.05 bits per heavy atom. The van der Waals surface area contributed by atoms with E-state index in [1.165, 1.54) is 0 Å². The summed E-state index contributed by atoms with van der Waals surface area (Å²) in [6.07, 6.45) is 1.95. The van der Waals surface area contributed by atoms with E-state index in [2.05, 4.69) is 10.6 Å². The van der Waals surface area contributed by atoms with Crippen LogP contribution in [0.5, 0.6) is 0 Å². The zero-order valence-corrected chi connectivity index (χ0v) is 12.5. The van der Waals surface area contributed by atoms with Crippen LogP contribution in [0.3, 0.4) is 0 Å². The fourth-order valence-corrected chi connectivity index (χ4v) is 2.63. The molecule has 114 valence electrons. The zero-order chi connectivity index (χ0) is 15.5. The van der Waals surface area contributed by atoms with Crippen molar-refractivity contribution < 1.29 is 14.7 Å². The third-order valence-corrected chi connectivity index (χ3v) is 4.09. The molecular weight excluding hydrogens is 268 g/mol. The molecule has 1 saturated heterocycles. The van der Waals surface area contributed by atoms with Gasteiger partial charge in [0.25, 0.3) is 0 Å². The minimum absolute atomic E-state index is 0.0219. The Morgan fingerprint density at radius 3 is 2.57 bits per heavy atom. The second-order valence-electron chi connectivity index (χ2n) is 5.94. The molecule has 0 bridgehead atoms. The van der Waals surface area contributed by atoms with Gasteiger partial charge in [-0.15, -0.1) is 0 Å². The van der Waals surface area contributed by atoms with Gasteiger partial charge in [-0.05, 0) is 49.9 Å². The van der Waals surface area contributed by atoms with Gasteiger partial charge in [0.1, 0.15) is 0 Å². The van der Waals surface area contributed by atoms with E-state index >= 15 is 0 Å². The smallest absolute Gasteiger partial charge is 0.303 e. The number of carboxylic acids is 1. The number of carbonyl (C=O) groups excluding carboxylic acids is 1. The highest BCUT2D eigenvalue weighted by Gasteiger charge is 2.35. The number of carbonyl (C=O) groups is 2. The van der Waals surface area contributed by atoms with Crippen molar-refractivity contribution in [1.82, 2.24) is 5.32 Å². The van der Waals surface area contributed by atoms with Crippen molar-refractivity contribution in [3.8, 4) is 0 Å². The average molecular weight is 290 g/mol. The average Bonchev–Trinajstić information content (AvgIpc) is 2.87. The molecule has 1 aliphatic rings. The van der Waals surface area contributed by atoms with E-state index in [0.717, 1.165) is 30.6 Å². The van der Waals surface area contributed by atoms with E-state index in [0.29, 0.717) is 0 Å². The van der Waals surface area contributed by atoms with Crippen LogP contribution in [0, 0.1) is 0 Å². The lowest BCUT2D eigenvalue weighted by molar-refractivity contribution is -0.137. The molecule has 0 saturated carbocycles. The van der Waals surface area contributed by atoms with E-state index < -0.39 is 11.5 Å². The Hall–Kier alpha value is -1.88. The summed E-state index contributed by atoms with van der Waals surface area (Å²) in [6.45, 7) is 4.67. The molecule has 0 aromatic heterocycles. The number of nitrogens with one attached hydrogen (secondary N) is 2. The first kappa shape index (κ1) is 15.5. The summed E-state index contributed by atoms with van der Waals surface area (Å²) in [5.74, 6) is -0.868. The van der Waals surface area contributed by atoms with Gasteiger partial charge in [-0.25, -0.2) is 0 Å². The van der Waals surface area contributed by atoms with Crippen molar-refractivity contribution in [3.63, 3.8) is 0 Å². The highest BCUT2D eigenvalue weighted by molar-refractivity contribution is 5.98. The van der Waals surface area contributed by atoms with Crippen LogP contribution < -0.4 is 10.6 Å². The number of amides is 1. The van der Waals surface area contributed by atoms with Crippen molar-refractivity contribution >= 4 is 17.6 Å². The van der Waals surface area contributed by atoms with E-state index in [-0.39, 0.29) is 18.2 Å². The van der Waals surface area contributed by atoms with Crippen LogP contribution in [-0.2, 0) is 9.59 Å². The van der Waals surface area contributed by atoms with Crippen LogP contribution in [-0.4, -0.2) is 29.1 Å². The number of anilines is 1. The molecule has 0 radical (unpaired) electrons. The largest absolute Gasteiger partial charge is 0.481 e. The lowest BCUT2D eigenvalue weighted by atomic mass is 9.97. The minimum Gasteiger partial charge on any atom is -0.481 e. The molecule has 5 nitrogen and oxygen atoms in total. The van der Waals surface area contributed by atoms with Crippen LogP contribution in [0.1, 0.15) is 44.6 Å². The Kier molecular flexibility index (Phi) is 4.63. The lowest BCUT2D eigenvalue weighted by Crippen LogP contribution is -2.47. The predicted molar refractivity (Wildman–Crippen MR) is 81.4 cm³/mol. The van der Waals surface area contributed by atoms with Crippen LogP contribution >= 0.6 is 0 Å². The molecular formula is C16H22N2O3. The standard InChI is InChI=1S/C16H22N2O3/c1-11(10-14(19)20)12-4-6-13(7-5-12)18-15(21)16(2)8-3-9-17-16/h4-7,11,17H,3,8-10H2,1-2H3,(H,18,21)(H,19,20). The summed E-state index contributed by atoms with van der Waals surface area (Å²) in [5, 5.41) is 14.9. The summed E-state index contributed by atoms with van der Waals surface area (Å²) in [4.78, 5) is 23.0. The molecule has 1 fully saturated rings. The van der Waals surface area contributed by atoms with Crippen molar-refractivity contribution in [1.29, 1.82) is 0 Å². The molecule has 1 amide bonds. The molecule has 2 atom stereocenters. The summed E-state index contributed by atoms with van der Waals surface area (Å²) in [7, 11) is 0. The monoisotopic (exact) mass is 290 g/mol. The van der Waals surface area contributed by atoms with Crippen molar-refractivity contribution in [3.05, 3.63) is 29.8 Å². The van der Waals surface area contributed by atoms with E-state index in [1.54, 1.807) is 0 Å². The van der Waals surface area contributed by atoms with Gasteiger partial charge >= 0.3 is 5.97 Å². The maximum atomic E-state index is 12.2. The molecule has 2 rings (SSSR count). The van der Waals surface area contributed by atoms with E-state index in [1.807, 2.05) is 38.1 Å². The fourth-order valence-electron chi connectivity index (χ4n) is 2.63. The SMILES string of the molecule is CC(CC(=O)O)c1ccc(NC(=O)C2(C)CCCN2)cc1. The number of aliphatic carboxylic acids is 1. The first-order valence-corrected chi connectivity index (χ1v) is 7.29. The summed E-state index contributed by atoms with van der Waals surface area (Å²) >= 11 is 0. The van der Waals surface area contributed by atoms with Gasteiger partial charge in [0.05, 0.1) is 12.0 Å². The van der Waals surface area contributed by atoms with E-state index in [4.69, 9.17) is 5.11 Å². The molecule has 1 heterocycles. The summed E-state index contributed by atoms with van der Waals surface area (Å²) in [6, 6.07) is 7.38. The van der Waals surface area contributed by atoms with Gasteiger partial charge in [0.15, 0.2) is 0 Å². The molecule has 1 aromatic rings. The number of rotatable bonds is 5. The topological polar surface area (TPSA) is 78.4 Å². The van der Waals surface area contributed by atoms with Gasteiger partial charge in [0.2, 0.25) is 5.91 Å². The third kappa shape index (κ3) is 3.82. The molecule has 0 aliphatic carbocycles. The molecule has 3 N–H and O–H groups in total. The fraction of sp³-hybridized carbons (Fsp3) is 0.500. The quantitative estimate of drug-likeness (QED) is 0.778. The Balaban J connectivity index is 1.99. The summed E-state index contributed by atoms with van der Waals surface area (Å²) < 4.78 is 0. The Labute approximate surface area is 124 Å². The van der Waals surface area contributed by atoms with Gasteiger partial charge in [0, 0.05) is 5.69 Å². The Bertz CT molecular complexity index is 519. The highest BCUT2D eigenvalue weighted by Crippen LogP contribution is 2.23. The van der Waals surface area contributed by atoms with Crippen LogP contribution in [0.4, 0.5) is 5.69 Å². The Morgan fingerprint density at radius 1 is 1.38 bits per heavy atom. The minimum atomic E-state index is -0.805. The molecule has 5 heteroatoms. The first-order valence-electron chi connectivity index (χ1n) is 7.29. The van der Waals surface area contributed by atoms with Crippen LogP contribution in [0.15, 0.2) is 24.3 Å². The highest BCUT2D eigenvalue weighted by atomic mass is 16.4. The third-order valence-electron chi connectivity index (χ3n) is 4.09. The second-order valence-corrected chi connectivity index (χ2v) is 5.94. The van der Waals surface area contributed by atoms with Crippen molar-refractivity contribution in [2.75, 3.05) is 11.9 Å². The molecule has 2 unspecified atom stereocenters. The normalized spacial score (nSPS) is 22.8. The second kappa shape index (κ2) is 6.26. The van der Waals surface area contributed by atoms with Crippen LogP contribution in [0.25, 0.3) is 0 Å². The first-order chi connectivity index (χ1) is 9.90. The molecule has 0 spiro atoms. The molecule has 1 aliphatic heterocycles. The lowest BCUT2D eigenvalue weighted by Gasteiger charge is -2.23. The predicted octanol–water partition coefficient (Wildman–Crippen LogP) is 2.35. The maximum absolute atomic E-state index is 12.2. The molecule has 21 heavy (non-hydrogen) atoms. The van der Waals surface area contributed by atoms with Crippen molar-refractivity contribution in [2.24, 2.45) is 0 Å². The van der Waals surface area contributed by atoms with Gasteiger partial charge in [-0.2, -0.15) is 0 Å². The van der Waals surface area contributed by atoms with E-state index in [9.17, 15) is 9.59 Å². The zero-order valence-electron chi connectivity index (χ0n) is 12.5. The summed E-state index contributed by atoms with van der Waals surface area (Å²) in [5.41, 5.74) is 1.21. The van der Waals surface area contributed by atoms with Gasteiger partial charge in [-0.1, -0.05) is 19.1 Å². The molecule has 1 aromatic carbocycles. The van der Waals surface area contributed by atoms with Crippen LogP contribution in [0.2, 0.25) is 0 Å². The number of benzene rings is 1. The van der Waals surface area contributed by atoms with Crippen molar-refractivity contribution in [2.45, 2.75) is 44.6 Å². The van der Waals surface area contributed by atoms with Gasteiger partial charge in [-0.3, -0.25) is 9.59 Å². The van der Waals surface area contributed by atoms with Gasteiger partial charge < -0.3 is 15.7 Å². The number of hydrogen-bond donors (Lipinski definition) is 3. The number of carboxylic acid groups (broad SMARTS) is 1. The maximum Gasteiger partial charge on any atom is 0.303 e. The number of hydrogen-bond acceptors (Lipinski definition) is 3.